The molecule has 4 heterocycles. The number of carbonyl (C=O) groups excluding carboxylic acids is 1. The second kappa shape index (κ2) is 13.8. The third kappa shape index (κ3) is 7.28. The van der Waals surface area contributed by atoms with Gasteiger partial charge >= 0.3 is 149 Å². The largest absolute Gasteiger partial charge is 0.211 e. The first-order valence-corrected chi connectivity index (χ1v) is 22.0. The first-order valence-electron chi connectivity index (χ1n) is 14.6. The molecule has 0 radical (unpaired) electrons. The Morgan fingerprint density at radius 2 is 1.88 bits per heavy atom. The molecule has 2 aliphatic heterocycles. The molecule has 0 aliphatic carbocycles. The maximum atomic E-state index is 12.9. The number of aromatic nitrogens is 3. The van der Waals surface area contributed by atoms with Crippen LogP contribution in [0.2, 0.25) is 0 Å². The predicted molar refractivity (Wildman–Crippen MR) is 179 cm³/mol. The van der Waals surface area contributed by atoms with Crippen LogP contribution in [0.25, 0.3) is 5.65 Å². The van der Waals surface area contributed by atoms with Gasteiger partial charge in [0.1, 0.15) is 5.82 Å². The average Bonchev–Trinajstić information content (AvgIpc) is 3.68. The summed E-state index contributed by atoms with van der Waals surface area (Å²) in [6.45, 7) is 7.15. The van der Waals surface area contributed by atoms with Gasteiger partial charge in [0, 0.05) is 18.2 Å². The molecule has 0 spiro atoms. The Morgan fingerprint density at radius 1 is 1.10 bits per heavy atom. The SMILES string of the molecule is CC(C)c1cnn2c(NCc3ccccc3)cc(N[C@@H]3CCCN(CC(=O)Nc4ccc([As]5SCCS5)cc4)C3)nc12. The number of fused-ring (bicyclic) bond motifs is 1. The van der Waals surface area contributed by atoms with E-state index in [1.807, 2.05) is 22.8 Å². The van der Waals surface area contributed by atoms with Crippen LogP contribution >= 0.6 is 20.0 Å². The molecule has 6 rings (SSSR count). The Bertz CT molecular complexity index is 1490. The maximum absolute atomic E-state index is 12.9. The van der Waals surface area contributed by atoms with Gasteiger partial charge in [0.15, 0.2) is 5.65 Å². The summed E-state index contributed by atoms with van der Waals surface area (Å²) in [6.07, 6.45) is 4.00. The van der Waals surface area contributed by atoms with Gasteiger partial charge in [-0.3, -0.25) is 0 Å². The van der Waals surface area contributed by atoms with E-state index in [0.717, 1.165) is 54.5 Å². The van der Waals surface area contributed by atoms with E-state index in [9.17, 15) is 4.79 Å². The Hall–Kier alpha value is -2.65. The number of hydrogen-bond donors (Lipinski definition) is 3. The van der Waals surface area contributed by atoms with E-state index < -0.39 is 12.3 Å². The van der Waals surface area contributed by atoms with Crippen LogP contribution in [0.3, 0.4) is 0 Å². The van der Waals surface area contributed by atoms with Crippen LogP contribution in [-0.4, -0.2) is 74.9 Å². The first kappa shape index (κ1) is 29.4. The molecule has 0 bridgehead atoms. The molecule has 0 saturated carbocycles. The van der Waals surface area contributed by atoms with Crippen molar-refractivity contribution in [2.45, 2.75) is 45.2 Å². The van der Waals surface area contributed by atoms with Crippen molar-refractivity contribution < 1.29 is 4.79 Å². The second-order valence-corrected chi connectivity index (χ2v) is 22.8. The number of amides is 1. The van der Waals surface area contributed by atoms with E-state index >= 15 is 0 Å². The second-order valence-electron chi connectivity index (χ2n) is 11.1. The summed E-state index contributed by atoms with van der Waals surface area (Å²) in [5.41, 5.74) is 4.09. The summed E-state index contributed by atoms with van der Waals surface area (Å²) in [5.74, 6) is 4.64. The Kier molecular flexibility index (Phi) is 9.64. The van der Waals surface area contributed by atoms with Crippen LogP contribution < -0.4 is 20.3 Å². The van der Waals surface area contributed by atoms with Crippen molar-refractivity contribution >= 4 is 65.6 Å². The summed E-state index contributed by atoms with van der Waals surface area (Å²) >= 11 is -0.984. The van der Waals surface area contributed by atoms with E-state index in [4.69, 9.17) is 4.98 Å². The molecule has 3 N–H and O–H groups in total. The van der Waals surface area contributed by atoms with E-state index in [2.05, 4.69) is 108 Å². The van der Waals surface area contributed by atoms with Crippen molar-refractivity contribution in [2.75, 3.05) is 47.1 Å². The molecular formula is C31H38AsN7OS2. The van der Waals surface area contributed by atoms with Crippen molar-refractivity contribution in [3.05, 3.63) is 78.0 Å². The molecule has 2 fully saturated rings. The van der Waals surface area contributed by atoms with Crippen molar-refractivity contribution in [3.8, 4) is 0 Å². The Morgan fingerprint density at radius 3 is 2.64 bits per heavy atom. The smallest absolute Gasteiger partial charge is 0.163 e. The van der Waals surface area contributed by atoms with Gasteiger partial charge in [-0.15, -0.1) is 0 Å². The van der Waals surface area contributed by atoms with E-state index in [1.165, 1.54) is 21.4 Å². The number of piperidine rings is 1. The van der Waals surface area contributed by atoms with E-state index in [0.29, 0.717) is 19.0 Å². The van der Waals surface area contributed by atoms with Crippen LogP contribution in [0, 0.1) is 0 Å². The molecule has 0 unspecified atom stereocenters. The summed E-state index contributed by atoms with van der Waals surface area (Å²) in [7, 11) is 4.28. The molecule has 8 nitrogen and oxygen atoms in total. The van der Waals surface area contributed by atoms with Crippen molar-refractivity contribution in [2.24, 2.45) is 0 Å². The van der Waals surface area contributed by atoms with E-state index in [-0.39, 0.29) is 11.9 Å². The van der Waals surface area contributed by atoms with Gasteiger partial charge in [0.25, 0.3) is 0 Å². The van der Waals surface area contributed by atoms with Gasteiger partial charge in [-0.05, 0) is 11.5 Å². The fourth-order valence-corrected chi connectivity index (χ4v) is 19.5. The first-order chi connectivity index (χ1) is 20.5. The van der Waals surface area contributed by atoms with Crippen LogP contribution in [0.4, 0.5) is 17.3 Å². The summed E-state index contributed by atoms with van der Waals surface area (Å²) < 4.78 is 3.38. The quantitative estimate of drug-likeness (QED) is 0.201. The third-order valence-corrected chi connectivity index (χ3v) is 21.3. The van der Waals surface area contributed by atoms with Gasteiger partial charge in [-0.25, -0.2) is 4.98 Å². The zero-order valence-electron chi connectivity index (χ0n) is 24.1. The molecule has 1 atom stereocenters. The zero-order valence-corrected chi connectivity index (χ0v) is 27.6. The molecule has 220 valence electrons. The molecule has 11 heteroatoms. The minimum absolute atomic E-state index is 0.0404. The Balaban J connectivity index is 1.09. The number of hydrogen-bond acceptors (Lipinski definition) is 8. The molecule has 2 aromatic heterocycles. The topological polar surface area (TPSA) is 86.6 Å². The van der Waals surface area contributed by atoms with Crippen molar-refractivity contribution in [1.82, 2.24) is 19.5 Å². The standard InChI is InChI=1S/C31H38AsN7OS2/c1-22(2)27-19-34-39-29(33-18-23-7-4-3-5-8-23)17-28(37-31(27)39)35-26-9-6-14-38(20-26)21-30(40)36-25-12-10-24(11-13-25)32-41-15-16-42-32/h3-5,7-8,10-13,17,19,22,26,33H,6,9,14-16,18,20-21H2,1-2H3,(H,35,37)(H,36,40)/t26-/m1/s1. The molecule has 1 amide bonds. The average molecular weight is 664 g/mol. The molecule has 2 saturated heterocycles. The number of nitrogens with zero attached hydrogens (tertiary/aromatic N) is 4. The van der Waals surface area contributed by atoms with Crippen LogP contribution in [0.1, 0.15) is 43.7 Å². The minimum atomic E-state index is -0.984. The van der Waals surface area contributed by atoms with Crippen LogP contribution in [0.5, 0.6) is 0 Å². The van der Waals surface area contributed by atoms with Crippen LogP contribution in [0.15, 0.2) is 66.9 Å². The molecular weight excluding hydrogens is 625 g/mol. The number of anilines is 3. The fraction of sp³-hybridized carbons (Fsp3) is 0.387. The zero-order chi connectivity index (χ0) is 28.9. The molecule has 2 aliphatic rings. The summed E-state index contributed by atoms with van der Waals surface area (Å²) in [6, 6.07) is 21.2. The van der Waals surface area contributed by atoms with Gasteiger partial charge < -0.3 is 5.32 Å². The number of nitrogens with one attached hydrogen (secondary N) is 3. The summed E-state index contributed by atoms with van der Waals surface area (Å²) in [5, 5.41) is 15.0. The summed E-state index contributed by atoms with van der Waals surface area (Å²) in [4.78, 5) is 20.2. The number of benzene rings is 2. The molecule has 2 aromatic carbocycles. The number of carbonyl (C=O) groups is 1. The monoisotopic (exact) mass is 663 g/mol. The number of rotatable bonds is 10. The van der Waals surface area contributed by atoms with Gasteiger partial charge in [0.2, 0.25) is 0 Å². The van der Waals surface area contributed by atoms with Gasteiger partial charge in [0.05, 0.1) is 6.20 Å². The molecule has 42 heavy (non-hydrogen) atoms. The van der Waals surface area contributed by atoms with Gasteiger partial charge in [-0.1, -0.05) is 44.2 Å². The third-order valence-electron chi connectivity index (χ3n) is 7.52. The normalized spacial score (nSPS) is 18.0. The Labute approximate surface area is 259 Å². The molecule has 4 aromatic rings. The number of likely N-dealkylation sites (tertiary alicyclic amines) is 1. The maximum Gasteiger partial charge on any atom is 0.163 e. The minimum Gasteiger partial charge on any atom is -0.211 e. The van der Waals surface area contributed by atoms with E-state index in [1.54, 1.807) is 0 Å². The fourth-order valence-electron chi connectivity index (χ4n) is 5.40. The van der Waals surface area contributed by atoms with Gasteiger partial charge in [-0.2, -0.15) is 9.61 Å². The van der Waals surface area contributed by atoms with Crippen molar-refractivity contribution in [3.63, 3.8) is 0 Å². The predicted octanol–water partition coefficient (Wildman–Crippen LogP) is 5.16. The van der Waals surface area contributed by atoms with Crippen molar-refractivity contribution in [1.29, 1.82) is 0 Å². The van der Waals surface area contributed by atoms with Crippen LogP contribution in [-0.2, 0) is 11.3 Å².